The maximum absolute atomic E-state index is 13.8. The van der Waals surface area contributed by atoms with Crippen molar-refractivity contribution in [3.8, 4) is 0 Å². The topological polar surface area (TPSA) is 64.2 Å². The lowest BCUT2D eigenvalue weighted by Gasteiger charge is -2.22. The lowest BCUT2D eigenvalue weighted by Crippen LogP contribution is -2.22. The van der Waals surface area contributed by atoms with Crippen LogP contribution in [0, 0.1) is 25.5 Å². The van der Waals surface area contributed by atoms with E-state index in [-0.39, 0.29) is 17.3 Å². The third-order valence-electron chi connectivity index (χ3n) is 5.77. The van der Waals surface area contributed by atoms with Crippen molar-refractivity contribution in [2.45, 2.75) is 26.9 Å². The first-order valence-corrected chi connectivity index (χ1v) is 10.2. The summed E-state index contributed by atoms with van der Waals surface area (Å²) in [5.41, 5.74) is 10.3. The van der Waals surface area contributed by atoms with E-state index in [1.807, 2.05) is 31.9 Å². The van der Waals surface area contributed by atoms with Gasteiger partial charge in [0, 0.05) is 31.2 Å². The molecule has 2 N–H and O–H groups in total. The number of aryl methyl sites for hydroxylation is 1. The summed E-state index contributed by atoms with van der Waals surface area (Å²) in [6, 6.07) is 14.4. The van der Waals surface area contributed by atoms with Gasteiger partial charge in [-0.05, 0) is 60.9 Å². The predicted octanol–water partition coefficient (Wildman–Crippen LogP) is 4.71. The fourth-order valence-corrected chi connectivity index (χ4v) is 3.99. The molecular weight excluding hydrogens is 410 g/mol. The lowest BCUT2D eigenvalue weighted by atomic mass is 10.1. The minimum Gasteiger partial charge on any atom is -0.364 e. The number of carbonyl (C=O) groups is 1. The first-order chi connectivity index (χ1) is 15.2. The first-order valence-electron chi connectivity index (χ1n) is 10.2. The molecule has 0 saturated carbocycles. The van der Waals surface area contributed by atoms with E-state index >= 15 is 0 Å². The number of hydrogen-bond donors (Lipinski definition) is 1. The molecule has 2 aromatic carbocycles. The Balaban J connectivity index is 1.88. The minimum absolute atomic E-state index is 0.171. The van der Waals surface area contributed by atoms with Crippen LogP contribution in [0.4, 0.5) is 14.6 Å². The van der Waals surface area contributed by atoms with Crippen LogP contribution in [0.1, 0.15) is 32.9 Å². The Kier molecular flexibility index (Phi) is 5.65. The average molecular weight is 434 g/mol. The number of anilines is 1. The number of carbonyl (C=O) groups excluding carboxylic acids is 1. The highest BCUT2D eigenvalue weighted by atomic mass is 19.1. The number of primary amides is 1. The number of halogens is 2. The number of benzene rings is 2. The molecule has 2 aromatic heterocycles. The molecule has 0 fully saturated rings. The number of aromatic nitrogens is 2. The van der Waals surface area contributed by atoms with Crippen LogP contribution < -0.4 is 10.6 Å². The van der Waals surface area contributed by atoms with Gasteiger partial charge < -0.3 is 15.2 Å². The molecule has 0 bridgehead atoms. The second kappa shape index (κ2) is 8.42. The lowest BCUT2D eigenvalue weighted by molar-refractivity contribution is 0.0996. The molecule has 2 heterocycles. The smallest absolute Gasteiger partial charge is 0.267 e. The van der Waals surface area contributed by atoms with E-state index in [0.717, 1.165) is 33.3 Å². The van der Waals surface area contributed by atoms with Gasteiger partial charge in [0.05, 0.1) is 5.52 Å². The van der Waals surface area contributed by atoms with E-state index < -0.39 is 5.91 Å². The van der Waals surface area contributed by atoms with Crippen LogP contribution in [-0.2, 0) is 13.1 Å². The van der Waals surface area contributed by atoms with E-state index in [1.54, 1.807) is 24.3 Å². The average Bonchev–Trinajstić information content (AvgIpc) is 2.99. The van der Waals surface area contributed by atoms with Gasteiger partial charge >= 0.3 is 0 Å². The van der Waals surface area contributed by atoms with Gasteiger partial charge in [0.25, 0.3) is 5.91 Å². The van der Waals surface area contributed by atoms with E-state index in [0.29, 0.717) is 18.9 Å². The Morgan fingerprint density at radius 3 is 2.41 bits per heavy atom. The second-order valence-corrected chi connectivity index (χ2v) is 8.00. The molecule has 4 rings (SSSR count). The molecule has 0 aliphatic heterocycles. The maximum atomic E-state index is 13.8. The van der Waals surface area contributed by atoms with Crippen LogP contribution in [0.2, 0.25) is 0 Å². The predicted molar refractivity (Wildman–Crippen MR) is 122 cm³/mol. The number of nitrogens with zero attached hydrogens (tertiary/aromatic N) is 3. The van der Waals surface area contributed by atoms with Gasteiger partial charge in [-0.15, -0.1) is 0 Å². The third kappa shape index (κ3) is 4.06. The number of fused-ring (bicyclic) bond motifs is 1. The van der Waals surface area contributed by atoms with Crippen LogP contribution in [-0.4, -0.2) is 22.5 Å². The van der Waals surface area contributed by atoms with Gasteiger partial charge in [0.15, 0.2) is 5.82 Å². The fourth-order valence-electron chi connectivity index (χ4n) is 3.99. The summed E-state index contributed by atoms with van der Waals surface area (Å²) in [7, 11) is 1.86. The van der Waals surface area contributed by atoms with Gasteiger partial charge in [-0.2, -0.15) is 0 Å². The van der Waals surface area contributed by atoms with Crippen LogP contribution in [0.15, 0.2) is 54.6 Å². The maximum Gasteiger partial charge on any atom is 0.267 e. The molecule has 0 spiro atoms. The zero-order valence-corrected chi connectivity index (χ0v) is 18.2. The summed E-state index contributed by atoms with van der Waals surface area (Å²) in [6.45, 7) is 4.87. The van der Waals surface area contributed by atoms with E-state index in [1.165, 1.54) is 24.3 Å². The second-order valence-electron chi connectivity index (χ2n) is 8.00. The monoisotopic (exact) mass is 434 g/mol. The van der Waals surface area contributed by atoms with Gasteiger partial charge in [0.2, 0.25) is 0 Å². The standard InChI is InChI=1S/C25H24F2N4O/c1-15-16(2)31(14-18-5-4-6-20(27)11-18)23-21(15)12-22(24(28)32)29-25(23)30(3)13-17-7-9-19(26)10-8-17/h4-12H,13-14H2,1-3H3,(H2,28,32). The normalized spacial score (nSPS) is 11.2. The van der Waals surface area contributed by atoms with E-state index in [4.69, 9.17) is 5.73 Å². The molecule has 0 radical (unpaired) electrons. The Morgan fingerprint density at radius 1 is 1.03 bits per heavy atom. The number of nitrogens with two attached hydrogens (primary N) is 1. The van der Waals surface area contributed by atoms with Crippen LogP contribution in [0.25, 0.3) is 10.9 Å². The Hall–Kier alpha value is -3.74. The largest absolute Gasteiger partial charge is 0.364 e. The van der Waals surface area contributed by atoms with Gasteiger partial charge in [-0.25, -0.2) is 13.8 Å². The van der Waals surface area contributed by atoms with Crippen LogP contribution >= 0.6 is 0 Å². The van der Waals surface area contributed by atoms with E-state index in [9.17, 15) is 13.6 Å². The molecule has 0 saturated heterocycles. The molecule has 0 atom stereocenters. The molecule has 0 aliphatic rings. The van der Waals surface area contributed by atoms with E-state index in [2.05, 4.69) is 9.55 Å². The molecule has 4 aromatic rings. The van der Waals surface area contributed by atoms with Crippen molar-refractivity contribution >= 4 is 22.6 Å². The zero-order valence-electron chi connectivity index (χ0n) is 18.2. The zero-order chi connectivity index (χ0) is 23.0. The van der Waals surface area contributed by atoms with Crippen LogP contribution in [0.5, 0.6) is 0 Å². The molecule has 164 valence electrons. The Morgan fingerprint density at radius 2 is 1.75 bits per heavy atom. The quantitative estimate of drug-likeness (QED) is 0.478. The molecule has 0 unspecified atom stereocenters. The highest BCUT2D eigenvalue weighted by Crippen LogP contribution is 2.33. The first kappa shape index (κ1) is 21.5. The van der Waals surface area contributed by atoms with Crippen molar-refractivity contribution in [3.63, 3.8) is 0 Å². The Bertz CT molecular complexity index is 1310. The van der Waals surface area contributed by atoms with Gasteiger partial charge in [-0.3, -0.25) is 4.79 Å². The fraction of sp³-hybridized carbons (Fsp3) is 0.200. The molecule has 7 heteroatoms. The van der Waals surface area contributed by atoms with Gasteiger partial charge in [0.1, 0.15) is 17.3 Å². The molecule has 32 heavy (non-hydrogen) atoms. The summed E-state index contributed by atoms with van der Waals surface area (Å²) in [5.74, 6) is -0.634. The summed E-state index contributed by atoms with van der Waals surface area (Å²) in [5, 5.41) is 0.864. The van der Waals surface area contributed by atoms with Crippen molar-refractivity contribution in [1.29, 1.82) is 0 Å². The van der Waals surface area contributed by atoms with Crippen molar-refractivity contribution in [3.05, 3.63) is 94.3 Å². The van der Waals surface area contributed by atoms with Crippen molar-refractivity contribution in [1.82, 2.24) is 9.55 Å². The number of pyridine rings is 1. The molecule has 5 nitrogen and oxygen atoms in total. The molecule has 0 aliphatic carbocycles. The van der Waals surface area contributed by atoms with Crippen molar-refractivity contribution in [2.75, 3.05) is 11.9 Å². The van der Waals surface area contributed by atoms with Gasteiger partial charge in [-0.1, -0.05) is 24.3 Å². The number of amides is 1. The highest BCUT2D eigenvalue weighted by Gasteiger charge is 2.21. The number of hydrogen-bond acceptors (Lipinski definition) is 3. The number of rotatable bonds is 6. The molecule has 1 amide bonds. The third-order valence-corrected chi connectivity index (χ3v) is 5.77. The summed E-state index contributed by atoms with van der Waals surface area (Å²) in [4.78, 5) is 18.5. The molecular formula is C25H24F2N4O. The van der Waals surface area contributed by atoms with Crippen molar-refractivity contribution < 1.29 is 13.6 Å². The summed E-state index contributed by atoms with van der Waals surface area (Å²) in [6.07, 6.45) is 0. The SMILES string of the molecule is Cc1c(C)n(Cc2cccc(F)c2)c2c(N(C)Cc3ccc(F)cc3)nc(C(N)=O)cc12. The summed E-state index contributed by atoms with van der Waals surface area (Å²) >= 11 is 0. The van der Waals surface area contributed by atoms with Crippen molar-refractivity contribution in [2.24, 2.45) is 5.73 Å². The minimum atomic E-state index is -0.613. The highest BCUT2D eigenvalue weighted by molar-refractivity contribution is 6.00. The summed E-state index contributed by atoms with van der Waals surface area (Å²) < 4.78 is 29.2. The van der Waals surface area contributed by atoms with Crippen LogP contribution in [0.3, 0.4) is 0 Å². The Labute approximate surface area is 185 Å².